The highest BCUT2D eigenvalue weighted by Crippen LogP contribution is 2.28. The summed E-state index contributed by atoms with van der Waals surface area (Å²) in [6.07, 6.45) is 1.40. The van der Waals surface area contributed by atoms with Gasteiger partial charge in [0, 0.05) is 17.3 Å². The molecule has 8 heteroatoms. The van der Waals surface area contributed by atoms with Gasteiger partial charge in [-0.15, -0.1) is 0 Å². The molecule has 0 aliphatic rings. The molecule has 0 bridgehead atoms. The second kappa shape index (κ2) is 12.0. The van der Waals surface area contributed by atoms with Gasteiger partial charge in [0.05, 0.1) is 19.3 Å². The lowest BCUT2D eigenvalue weighted by Gasteiger charge is -2.12. The van der Waals surface area contributed by atoms with Crippen molar-refractivity contribution in [2.24, 2.45) is 0 Å². The van der Waals surface area contributed by atoms with Crippen LogP contribution in [-0.2, 0) is 16.1 Å². The third-order valence-corrected chi connectivity index (χ3v) is 4.85. The van der Waals surface area contributed by atoms with E-state index in [0.29, 0.717) is 28.3 Å². The Labute approximate surface area is 202 Å². The monoisotopic (exact) mass is 474 g/mol. The number of halogens is 1. The first kappa shape index (κ1) is 25.0. The largest absolute Gasteiger partial charge is 0.497 e. The van der Waals surface area contributed by atoms with Gasteiger partial charge >= 0.3 is 5.97 Å². The molecule has 0 saturated heterocycles. The number of anilines is 1. The number of carbonyl (C=O) groups excluding carboxylic acids is 2. The Kier molecular flexibility index (Phi) is 8.57. The third-order valence-electron chi connectivity index (χ3n) is 4.85. The number of nitriles is 1. The average molecular weight is 474 g/mol. The van der Waals surface area contributed by atoms with Crippen molar-refractivity contribution >= 4 is 23.6 Å². The van der Waals surface area contributed by atoms with Crippen LogP contribution in [0.2, 0.25) is 0 Å². The van der Waals surface area contributed by atoms with E-state index in [1.165, 1.54) is 37.5 Å². The molecule has 178 valence electrons. The van der Waals surface area contributed by atoms with E-state index in [1.807, 2.05) is 6.07 Å². The van der Waals surface area contributed by atoms with Crippen molar-refractivity contribution in [3.63, 3.8) is 0 Å². The van der Waals surface area contributed by atoms with Crippen molar-refractivity contribution in [1.82, 2.24) is 0 Å². The Morgan fingerprint density at radius 2 is 1.77 bits per heavy atom. The number of rotatable bonds is 9. The molecule has 0 aliphatic heterocycles. The summed E-state index contributed by atoms with van der Waals surface area (Å²) < 4.78 is 29.2. The Hall–Kier alpha value is -4.64. The fraction of sp³-hybridized carbons (Fsp3) is 0.148. The molecule has 3 aromatic rings. The number of hydrogen-bond donors (Lipinski definition) is 1. The lowest BCUT2D eigenvalue weighted by Crippen LogP contribution is -2.14. The van der Waals surface area contributed by atoms with Crippen LogP contribution in [0.3, 0.4) is 0 Å². The maximum atomic E-state index is 13.2. The average Bonchev–Trinajstić information content (AvgIpc) is 2.87. The third kappa shape index (κ3) is 6.92. The Balaban J connectivity index is 1.79. The molecule has 0 radical (unpaired) electrons. The second-order valence-corrected chi connectivity index (χ2v) is 7.24. The maximum Gasteiger partial charge on any atom is 0.338 e. The molecular weight excluding hydrogens is 451 g/mol. The van der Waals surface area contributed by atoms with E-state index in [0.717, 1.165) is 5.56 Å². The van der Waals surface area contributed by atoms with E-state index < -0.39 is 11.9 Å². The van der Waals surface area contributed by atoms with Crippen LogP contribution in [0.15, 0.2) is 72.3 Å². The summed E-state index contributed by atoms with van der Waals surface area (Å²) in [6.45, 7) is 2.12. The van der Waals surface area contributed by atoms with Gasteiger partial charge in [-0.3, -0.25) is 4.79 Å². The van der Waals surface area contributed by atoms with Crippen LogP contribution in [0.25, 0.3) is 6.08 Å². The second-order valence-electron chi connectivity index (χ2n) is 7.24. The summed E-state index contributed by atoms with van der Waals surface area (Å²) in [5.41, 5.74) is 1.83. The van der Waals surface area contributed by atoms with Gasteiger partial charge in [0.1, 0.15) is 35.6 Å². The number of ether oxygens (including phenoxy) is 3. The van der Waals surface area contributed by atoms with Crippen molar-refractivity contribution in [3.8, 4) is 17.6 Å². The first-order valence-corrected chi connectivity index (χ1v) is 10.7. The molecule has 1 amide bonds. The van der Waals surface area contributed by atoms with Gasteiger partial charge in [-0.05, 0) is 67.1 Å². The maximum absolute atomic E-state index is 13.2. The number of nitrogens with one attached hydrogen (secondary N) is 1. The molecule has 0 saturated carbocycles. The van der Waals surface area contributed by atoms with E-state index in [-0.39, 0.29) is 24.6 Å². The fourth-order valence-electron chi connectivity index (χ4n) is 3.03. The smallest absolute Gasteiger partial charge is 0.338 e. The van der Waals surface area contributed by atoms with Crippen molar-refractivity contribution in [1.29, 1.82) is 5.26 Å². The zero-order valence-corrected chi connectivity index (χ0v) is 19.2. The van der Waals surface area contributed by atoms with Crippen LogP contribution < -0.4 is 14.8 Å². The number of benzene rings is 3. The molecule has 0 unspecified atom stereocenters. The van der Waals surface area contributed by atoms with Gasteiger partial charge in [-0.2, -0.15) is 5.26 Å². The standard InChI is InChI=1S/C27H23FN2O5/c1-3-34-27(32)19-6-11-23(12-7-19)30-26(31)21(16-29)14-20-8-13-24(33-2)15-25(20)35-17-18-4-9-22(28)10-5-18/h4-15H,3,17H2,1-2H3,(H,30,31)/b21-14+. The summed E-state index contributed by atoms with van der Waals surface area (Å²) in [7, 11) is 1.51. The predicted molar refractivity (Wildman–Crippen MR) is 128 cm³/mol. The molecule has 3 aromatic carbocycles. The van der Waals surface area contributed by atoms with Crippen LogP contribution in [-0.4, -0.2) is 25.6 Å². The summed E-state index contributed by atoms with van der Waals surface area (Å²) in [5.74, 6) is -0.528. The molecule has 0 fully saturated rings. The van der Waals surface area contributed by atoms with Crippen LogP contribution in [0.5, 0.6) is 11.5 Å². The molecule has 35 heavy (non-hydrogen) atoms. The van der Waals surface area contributed by atoms with Crippen LogP contribution in [0.4, 0.5) is 10.1 Å². The topological polar surface area (TPSA) is 97.7 Å². The predicted octanol–water partition coefficient (Wildman–Crippen LogP) is 5.14. The van der Waals surface area contributed by atoms with Crippen LogP contribution in [0, 0.1) is 17.1 Å². The number of esters is 1. The minimum atomic E-state index is -0.628. The summed E-state index contributed by atoms with van der Waals surface area (Å²) in [6, 6.07) is 18.9. The molecule has 0 aromatic heterocycles. The summed E-state index contributed by atoms with van der Waals surface area (Å²) in [4.78, 5) is 24.5. The number of methoxy groups -OCH3 is 1. The highest BCUT2D eigenvalue weighted by atomic mass is 19.1. The molecule has 0 aliphatic carbocycles. The number of nitrogens with zero attached hydrogens (tertiary/aromatic N) is 1. The van der Waals surface area contributed by atoms with Crippen molar-refractivity contribution in [3.05, 3.63) is 94.8 Å². The lowest BCUT2D eigenvalue weighted by molar-refractivity contribution is -0.112. The Morgan fingerprint density at radius 3 is 2.40 bits per heavy atom. The SMILES string of the molecule is CCOC(=O)c1ccc(NC(=O)/C(C#N)=C/c2ccc(OC)cc2OCc2ccc(F)cc2)cc1. The van der Waals surface area contributed by atoms with Gasteiger partial charge < -0.3 is 19.5 Å². The van der Waals surface area contributed by atoms with Crippen LogP contribution in [0.1, 0.15) is 28.4 Å². The van der Waals surface area contributed by atoms with E-state index >= 15 is 0 Å². The quantitative estimate of drug-likeness (QED) is 0.262. The number of amides is 1. The number of hydrogen-bond acceptors (Lipinski definition) is 6. The van der Waals surface area contributed by atoms with E-state index in [4.69, 9.17) is 14.2 Å². The normalized spacial score (nSPS) is 10.7. The Bertz CT molecular complexity index is 1260. The Morgan fingerprint density at radius 1 is 1.06 bits per heavy atom. The van der Waals surface area contributed by atoms with Gasteiger partial charge in [-0.25, -0.2) is 9.18 Å². The van der Waals surface area contributed by atoms with Gasteiger partial charge in [-0.1, -0.05) is 12.1 Å². The molecule has 0 spiro atoms. The van der Waals surface area contributed by atoms with Gasteiger partial charge in [0.15, 0.2) is 0 Å². The minimum Gasteiger partial charge on any atom is -0.497 e. The molecule has 7 nitrogen and oxygen atoms in total. The van der Waals surface area contributed by atoms with Crippen molar-refractivity contribution in [2.75, 3.05) is 19.0 Å². The summed E-state index contributed by atoms with van der Waals surface area (Å²) in [5, 5.41) is 12.2. The molecule has 1 N–H and O–H groups in total. The van der Waals surface area contributed by atoms with E-state index in [2.05, 4.69) is 5.32 Å². The van der Waals surface area contributed by atoms with E-state index in [1.54, 1.807) is 49.4 Å². The first-order chi connectivity index (χ1) is 16.9. The minimum absolute atomic E-state index is 0.148. The zero-order valence-electron chi connectivity index (χ0n) is 19.2. The molecule has 0 atom stereocenters. The van der Waals surface area contributed by atoms with Crippen LogP contribution >= 0.6 is 0 Å². The number of carbonyl (C=O) groups is 2. The zero-order chi connectivity index (χ0) is 25.2. The lowest BCUT2D eigenvalue weighted by atomic mass is 10.1. The van der Waals surface area contributed by atoms with Gasteiger partial charge in [0.2, 0.25) is 0 Å². The summed E-state index contributed by atoms with van der Waals surface area (Å²) >= 11 is 0. The van der Waals surface area contributed by atoms with E-state index in [9.17, 15) is 19.2 Å². The van der Waals surface area contributed by atoms with Crippen molar-refractivity contribution < 1.29 is 28.2 Å². The molecule has 0 heterocycles. The highest BCUT2D eigenvalue weighted by molar-refractivity contribution is 6.10. The molecular formula is C27H23FN2O5. The van der Waals surface area contributed by atoms with Crippen molar-refractivity contribution in [2.45, 2.75) is 13.5 Å². The highest BCUT2D eigenvalue weighted by Gasteiger charge is 2.13. The fourth-order valence-corrected chi connectivity index (χ4v) is 3.03. The first-order valence-electron chi connectivity index (χ1n) is 10.7. The molecule has 3 rings (SSSR count). The van der Waals surface area contributed by atoms with Gasteiger partial charge in [0.25, 0.3) is 5.91 Å².